The molecule has 6 aromatic rings. The van der Waals surface area contributed by atoms with Gasteiger partial charge in [0.15, 0.2) is 0 Å². The maximum atomic E-state index is 4.06. The molecule has 0 fully saturated rings. The van der Waals surface area contributed by atoms with E-state index in [1.165, 1.54) is 150 Å². The van der Waals surface area contributed by atoms with E-state index in [4.69, 9.17) is 0 Å². The molecule has 0 radical (unpaired) electrons. The molecule has 9 aliphatic carbocycles. The molecule has 0 heteroatoms. The molecular formula is C78H76. The van der Waals surface area contributed by atoms with Crippen molar-refractivity contribution < 1.29 is 0 Å². The Morgan fingerprint density at radius 1 is 0.308 bits per heavy atom. The summed E-state index contributed by atoms with van der Waals surface area (Å²) in [6.07, 6.45) is 38.6. The zero-order valence-corrected chi connectivity index (χ0v) is 45.9. The van der Waals surface area contributed by atoms with Gasteiger partial charge in [0.05, 0.1) is 0 Å². The zero-order valence-electron chi connectivity index (χ0n) is 45.9. The van der Waals surface area contributed by atoms with Gasteiger partial charge >= 0.3 is 0 Å². The van der Waals surface area contributed by atoms with Crippen molar-refractivity contribution in [3.05, 3.63) is 365 Å². The molecule has 0 aliphatic heterocycles. The minimum Gasteiger partial charge on any atom is -0.0995 e. The molecule has 78 heavy (non-hydrogen) atoms. The number of aryl methyl sites for hydroxylation is 3. The van der Waals surface area contributed by atoms with Crippen molar-refractivity contribution in [3.63, 3.8) is 0 Å². The highest BCUT2D eigenvalue weighted by atomic mass is 14.2. The van der Waals surface area contributed by atoms with Gasteiger partial charge in [0.1, 0.15) is 0 Å². The fraction of sp³-hybridized carbons (Fsp3) is 0.154. The number of allylic oxidation sites excluding steroid dienone is 20. The number of hydrogen-bond donors (Lipinski definition) is 0. The van der Waals surface area contributed by atoms with Crippen molar-refractivity contribution in [3.8, 4) is 0 Å². The number of fused-ring (bicyclic) bond motifs is 6. The lowest BCUT2D eigenvalue weighted by atomic mass is 9.88. The van der Waals surface area contributed by atoms with Crippen molar-refractivity contribution in [2.45, 2.75) is 77.0 Å². The van der Waals surface area contributed by atoms with Crippen LogP contribution in [0.3, 0.4) is 0 Å². The van der Waals surface area contributed by atoms with E-state index in [1.807, 2.05) is 42.5 Å². The molecule has 0 bridgehead atoms. The van der Waals surface area contributed by atoms with E-state index < -0.39 is 0 Å². The minimum atomic E-state index is 1.01. The Morgan fingerprint density at radius 2 is 0.795 bits per heavy atom. The Bertz CT molecular complexity index is 3430. The Hall–Kier alpha value is -8.58. The lowest BCUT2D eigenvalue weighted by Gasteiger charge is -2.16. The molecule has 0 aromatic heterocycles. The zero-order chi connectivity index (χ0) is 54.6. The molecule has 0 atom stereocenters. The number of benzene rings is 6. The second kappa shape index (κ2) is 28.0. The van der Waals surface area contributed by atoms with E-state index in [9.17, 15) is 0 Å². The van der Waals surface area contributed by atoms with Crippen LogP contribution in [0.1, 0.15) is 98.9 Å². The third kappa shape index (κ3) is 15.8. The second-order valence-electron chi connectivity index (χ2n) is 21.0. The van der Waals surface area contributed by atoms with Gasteiger partial charge in [-0.2, -0.15) is 0 Å². The monoisotopic (exact) mass is 1010 g/mol. The summed E-state index contributed by atoms with van der Waals surface area (Å²) in [4.78, 5) is 0. The van der Waals surface area contributed by atoms with Gasteiger partial charge in [-0.15, -0.1) is 0 Å². The van der Waals surface area contributed by atoms with Crippen LogP contribution in [-0.2, 0) is 44.9 Å². The summed E-state index contributed by atoms with van der Waals surface area (Å²) in [5.41, 5.74) is 29.6. The summed E-state index contributed by atoms with van der Waals surface area (Å²) in [5.74, 6) is 0. The number of hydrogen-bond acceptors (Lipinski definition) is 0. The van der Waals surface area contributed by atoms with E-state index in [2.05, 4.69) is 229 Å². The van der Waals surface area contributed by atoms with Crippen LogP contribution in [0.4, 0.5) is 0 Å². The maximum Gasteiger partial charge on any atom is -0.00257 e. The molecule has 6 aromatic carbocycles. The van der Waals surface area contributed by atoms with Gasteiger partial charge in [-0.3, -0.25) is 0 Å². The molecule has 0 heterocycles. The van der Waals surface area contributed by atoms with Gasteiger partial charge < -0.3 is 0 Å². The van der Waals surface area contributed by atoms with Gasteiger partial charge in [0, 0.05) is 0 Å². The van der Waals surface area contributed by atoms with Gasteiger partial charge in [-0.1, -0.05) is 288 Å². The van der Waals surface area contributed by atoms with Crippen molar-refractivity contribution in [1.29, 1.82) is 0 Å². The van der Waals surface area contributed by atoms with Crippen LogP contribution in [0.2, 0.25) is 0 Å². The first-order valence-corrected chi connectivity index (χ1v) is 27.7. The smallest absolute Gasteiger partial charge is 0.00257 e. The average molecular weight is 1010 g/mol. The SMILES string of the molecule is C=C1C=CC2=C1C=CC2.C=C1C=CC=C1.C=C1C=Cc2ccccc21.C=C1C=Cc2ccccc2C1.C=C1CCCc2ccccc21.C=C1CCc2ccccc21.C=C1CCc2ccccc2C1.C=C1Cc2ccccc2C1. The number of rotatable bonds is 0. The second-order valence-corrected chi connectivity index (χ2v) is 21.0. The van der Waals surface area contributed by atoms with E-state index >= 15 is 0 Å². The predicted molar refractivity (Wildman–Crippen MR) is 342 cm³/mol. The van der Waals surface area contributed by atoms with Gasteiger partial charge in [0.2, 0.25) is 0 Å². The molecule has 15 rings (SSSR count). The van der Waals surface area contributed by atoms with E-state index in [0.717, 1.165) is 49.7 Å². The van der Waals surface area contributed by atoms with Crippen LogP contribution in [0.15, 0.2) is 298 Å². The lowest BCUT2D eigenvalue weighted by molar-refractivity contribution is 0.823. The van der Waals surface area contributed by atoms with Crippen molar-refractivity contribution >= 4 is 28.9 Å². The molecule has 0 spiro atoms. The molecule has 0 unspecified atom stereocenters. The van der Waals surface area contributed by atoms with Crippen molar-refractivity contribution in [1.82, 2.24) is 0 Å². The Labute approximate surface area is 468 Å². The Morgan fingerprint density at radius 3 is 1.38 bits per heavy atom. The quantitative estimate of drug-likeness (QED) is 0.133. The van der Waals surface area contributed by atoms with Crippen LogP contribution in [0, 0.1) is 0 Å². The van der Waals surface area contributed by atoms with E-state index in [0.29, 0.717) is 0 Å². The first-order valence-electron chi connectivity index (χ1n) is 27.7. The van der Waals surface area contributed by atoms with Crippen LogP contribution < -0.4 is 0 Å². The van der Waals surface area contributed by atoms with Gasteiger partial charge in [-0.25, -0.2) is 0 Å². The van der Waals surface area contributed by atoms with Gasteiger partial charge in [0.25, 0.3) is 0 Å². The highest BCUT2D eigenvalue weighted by Crippen LogP contribution is 2.33. The van der Waals surface area contributed by atoms with Crippen molar-refractivity contribution in [2.24, 2.45) is 0 Å². The molecule has 388 valence electrons. The third-order valence-electron chi connectivity index (χ3n) is 15.0. The Balaban J connectivity index is 0.000000118. The fourth-order valence-corrected chi connectivity index (χ4v) is 10.6. The summed E-state index contributed by atoms with van der Waals surface area (Å²) in [5, 5.41) is 0. The average Bonchev–Trinajstić information content (AvgIpc) is 4.37. The van der Waals surface area contributed by atoms with E-state index in [1.54, 1.807) is 0 Å². The molecule has 9 aliphatic rings. The van der Waals surface area contributed by atoms with Gasteiger partial charge in [-0.05, 0) is 183 Å². The van der Waals surface area contributed by atoms with E-state index in [-0.39, 0.29) is 0 Å². The standard InChI is InChI=1S/2C11H12.C11H10.2C10H10.C10H8.C9H8.C6H6/c1-9-5-4-7-10-6-2-3-8-11(9)10;2*1-9-6-7-10-4-2-3-5-11(10)8-9;1-8-6-9-4-2-3-5-10(9)7-8;2*1-8-6-7-9-4-2-3-5-10(8)9;1-7-5-6-8-3-2-4-9(7)8;1-6-4-2-3-5-6/h2-3,6,8H,1,4-5,7H2;2-5H,1,6-8H2;2-7H,1,8H2;2*2-5H,1,6-7H2;2-7H,1H2;2,4-6H,1,3H2;2-5H,1H2. The first kappa shape index (κ1) is 55.6. The van der Waals surface area contributed by atoms with Crippen molar-refractivity contribution in [2.75, 3.05) is 0 Å². The molecule has 0 saturated carbocycles. The maximum absolute atomic E-state index is 4.06. The predicted octanol–water partition coefficient (Wildman–Crippen LogP) is 20.3. The largest absolute Gasteiger partial charge is 0.0995 e. The summed E-state index contributed by atoms with van der Waals surface area (Å²) in [6, 6.07) is 51.0. The fourth-order valence-electron chi connectivity index (χ4n) is 10.6. The summed E-state index contributed by atoms with van der Waals surface area (Å²) in [7, 11) is 0. The highest BCUT2D eigenvalue weighted by Gasteiger charge is 2.15. The summed E-state index contributed by atoms with van der Waals surface area (Å²) >= 11 is 0. The van der Waals surface area contributed by atoms with Crippen LogP contribution in [0.25, 0.3) is 28.9 Å². The normalized spacial score (nSPS) is 16.2. The molecule has 0 amide bonds. The topological polar surface area (TPSA) is 0 Å². The molecule has 0 saturated heterocycles. The van der Waals surface area contributed by atoms with Crippen LogP contribution in [0.5, 0.6) is 0 Å². The molecule has 0 N–H and O–H groups in total. The summed E-state index contributed by atoms with van der Waals surface area (Å²) < 4.78 is 0. The Kier molecular flexibility index (Phi) is 20.0. The van der Waals surface area contributed by atoms with Crippen LogP contribution in [-0.4, -0.2) is 0 Å². The van der Waals surface area contributed by atoms with Crippen LogP contribution >= 0.6 is 0 Å². The molecule has 0 nitrogen and oxygen atoms in total. The first-order chi connectivity index (χ1) is 38.0. The highest BCUT2D eigenvalue weighted by molar-refractivity contribution is 5.88. The third-order valence-corrected chi connectivity index (χ3v) is 15.0. The molecular weight excluding hydrogens is 937 g/mol. The lowest BCUT2D eigenvalue weighted by Crippen LogP contribution is -2.03. The minimum absolute atomic E-state index is 1.01. The summed E-state index contributed by atoms with van der Waals surface area (Å²) in [6.45, 7) is 31.4.